The molecule has 0 unspecified atom stereocenters. The molecular formula is C31H36N6O3. The lowest BCUT2D eigenvalue weighted by Crippen LogP contribution is -2.50. The highest BCUT2D eigenvalue weighted by molar-refractivity contribution is 5.77. The Morgan fingerprint density at radius 3 is 2.62 bits per heavy atom. The summed E-state index contributed by atoms with van der Waals surface area (Å²) in [6, 6.07) is 16.9. The normalized spacial score (nSPS) is 19.1. The molecule has 1 aliphatic carbocycles. The van der Waals surface area contributed by atoms with Crippen LogP contribution in [-0.2, 0) is 24.2 Å². The summed E-state index contributed by atoms with van der Waals surface area (Å²) in [5.41, 5.74) is 4.40. The van der Waals surface area contributed by atoms with E-state index in [2.05, 4.69) is 40.5 Å². The summed E-state index contributed by atoms with van der Waals surface area (Å²) in [6.07, 6.45) is 6.41. The van der Waals surface area contributed by atoms with E-state index in [0.29, 0.717) is 38.4 Å². The van der Waals surface area contributed by atoms with E-state index in [1.807, 2.05) is 42.3 Å². The van der Waals surface area contributed by atoms with Crippen LogP contribution in [0.3, 0.4) is 0 Å². The Hall–Kier alpha value is -3.82. The van der Waals surface area contributed by atoms with Gasteiger partial charge in [0.25, 0.3) is 5.56 Å². The first-order chi connectivity index (χ1) is 19.3. The highest BCUT2D eigenvalue weighted by Crippen LogP contribution is 2.29. The molecule has 0 bridgehead atoms. The summed E-state index contributed by atoms with van der Waals surface area (Å²) in [6.45, 7) is 3.10. The van der Waals surface area contributed by atoms with Crippen LogP contribution in [-0.4, -0.2) is 66.9 Å². The molecule has 1 saturated heterocycles. The molecule has 208 valence electrons. The molecule has 1 fully saturated rings. The SMILES string of the molecule is CN[C@@H]1Cc2ccc(-c3cnc4c(=O)n(CC5(O)CCN(C(=O)C[C@@H](C)c6ccccc6)CC5)cnn34)cc2C1. The second-order valence-electron chi connectivity index (χ2n) is 11.4. The number of carbonyl (C=O) groups excluding carboxylic acids is 1. The summed E-state index contributed by atoms with van der Waals surface area (Å²) in [4.78, 5) is 32.5. The van der Waals surface area contributed by atoms with E-state index in [1.165, 1.54) is 22.0 Å². The number of nitrogens with zero attached hydrogens (tertiary/aromatic N) is 5. The number of fused-ring (bicyclic) bond motifs is 2. The molecule has 9 nitrogen and oxygen atoms in total. The second-order valence-corrected chi connectivity index (χ2v) is 11.4. The van der Waals surface area contributed by atoms with E-state index in [1.54, 1.807) is 10.7 Å². The molecule has 1 amide bonds. The monoisotopic (exact) mass is 540 g/mol. The smallest absolute Gasteiger partial charge is 0.296 e. The van der Waals surface area contributed by atoms with Crippen LogP contribution in [0.1, 0.15) is 48.8 Å². The summed E-state index contributed by atoms with van der Waals surface area (Å²) in [7, 11) is 1.99. The van der Waals surface area contributed by atoms with Crippen molar-refractivity contribution in [2.24, 2.45) is 0 Å². The van der Waals surface area contributed by atoms with Crippen LogP contribution in [0.25, 0.3) is 16.9 Å². The van der Waals surface area contributed by atoms with Gasteiger partial charge in [-0.05, 0) is 61.4 Å². The maximum atomic E-state index is 13.3. The van der Waals surface area contributed by atoms with Gasteiger partial charge in [0.05, 0.1) is 24.0 Å². The highest BCUT2D eigenvalue weighted by Gasteiger charge is 2.35. The number of likely N-dealkylation sites (tertiary alicyclic amines) is 1. The van der Waals surface area contributed by atoms with Crippen molar-refractivity contribution in [3.8, 4) is 11.3 Å². The van der Waals surface area contributed by atoms with E-state index < -0.39 is 5.60 Å². The van der Waals surface area contributed by atoms with Crippen LogP contribution >= 0.6 is 0 Å². The lowest BCUT2D eigenvalue weighted by Gasteiger charge is -2.38. The fourth-order valence-corrected chi connectivity index (χ4v) is 6.13. The number of imidazole rings is 1. The largest absolute Gasteiger partial charge is 0.388 e. The van der Waals surface area contributed by atoms with Gasteiger partial charge < -0.3 is 15.3 Å². The standard InChI is InChI=1S/C31H36N6O3/c1-21(22-6-4-3-5-7-22)14-28(38)35-12-10-31(40,11-13-35)19-36-20-34-37-27(18-33-29(37)30(36)39)24-9-8-23-16-26(32-2)17-25(23)15-24/h3-9,15,18,20-21,26,32,40H,10-14,16-17,19H2,1-2H3/t21-,26-/m1/s1. The number of carbonyl (C=O) groups is 1. The number of hydrogen-bond donors (Lipinski definition) is 2. The molecular weight excluding hydrogens is 504 g/mol. The minimum absolute atomic E-state index is 0.0941. The number of nitrogens with one attached hydrogen (secondary N) is 1. The van der Waals surface area contributed by atoms with Crippen LogP contribution in [0.2, 0.25) is 0 Å². The Morgan fingerprint density at radius 2 is 1.88 bits per heavy atom. The molecule has 40 heavy (non-hydrogen) atoms. The van der Waals surface area contributed by atoms with Crippen LogP contribution < -0.4 is 10.9 Å². The van der Waals surface area contributed by atoms with Crippen molar-refractivity contribution in [2.45, 2.75) is 63.1 Å². The molecule has 1 aliphatic heterocycles. The van der Waals surface area contributed by atoms with Gasteiger partial charge in [-0.3, -0.25) is 14.2 Å². The first-order valence-corrected chi connectivity index (χ1v) is 14.1. The zero-order valence-corrected chi connectivity index (χ0v) is 23.1. The van der Waals surface area contributed by atoms with Gasteiger partial charge in [-0.15, -0.1) is 0 Å². The average Bonchev–Trinajstić information content (AvgIpc) is 3.59. The number of piperidine rings is 1. The minimum Gasteiger partial charge on any atom is -0.388 e. The van der Waals surface area contributed by atoms with Gasteiger partial charge in [-0.25, -0.2) is 9.50 Å². The maximum absolute atomic E-state index is 13.3. The molecule has 6 rings (SSSR count). The third-order valence-electron chi connectivity index (χ3n) is 8.70. The molecule has 4 aromatic rings. The van der Waals surface area contributed by atoms with Gasteiger partial charge >= 0.3 is 0 Å². The van der Waals surface area contributed by atoms with Crippen LogP contribution in [0.5, 0.6) is 0 Å². The third-order valence-corrected chi connectivity index (χ3v) is 8.70. The molecule has 9 heteroatoms. The topological polar surface area (TPSA) is 105 Å². The van der Waals surface area contributed by atoms with Gasteiger partial charge in [0.1, 0.15) is 6.33 Å². The van der Waals surface area contributed by atoms with Crippen molar-refractivity contribution < 1.29 is 9.90 Å². The Morgan fingerprint density at radius 1 is 1.12 bits per heavy atom. The molecule has 2 aromatic carbocycles. The first kappa shape index (κ1) is 26.4. The zero-order valence-electron chi connectivity index (χ0n) is 23.1. The maximum Gasteiger partial charge on any atom is 0.296 e. The molecule has 0 saturated carbocycles. The Bertz CT molecular complexity index is 1590. The zero-order chi connectivity index (χ0) is 27.9. The number of amides is 1. The Balaban J connectivity index is 1.13. The van der Waals surface area contributed by atoms with Crippen LogP contribution in [0.4, 0.5) is 0 Å². The van der Waals surface area contributed by atoms with E-state index in [4.69, 9.17) is 0 Å². The van der Waals surface area contributed by atoms with Crippen LogP contribution in [0, 0.1) is 0 Å². The lowest BCUT2D eigenvalue weighted by molar-refractivity contribution is -0.136. The fraction of sp³-hybridized carbons (Fsp3) is 0.419. The number of likely N-dealkylation sites (N-methyl/N-ethyl adjacent to an activating group) is 1. The average molecular weight is 541 g/mol. The number of aromatic nitrogens is 4. The summed E-state index contributed by atoms with van der Waals surface area (Å²) < 4.78 is 3.03. The molecule has 0 radical (unpaired) electrons. The Kier molecular flexibility index (Phi) is 7.02. The molecule has 3 heterocycles. The van der Waals surface area contributed by atoms with Crippen molar-refractivity contribution in [2.75, 3.05) is 20.1 Å². The lowest BCUT2D eigenvalue weighted by atomic mass is 9.90. The predicted molar refractivity (Wildman–Crippen MR) is 153 cm³/mol. The van der Waals surface area contributed by atoms with Crippen molar-refractivity contribution in [3.63, 3.8) is 0 Å². The van der Waals surface area contributed by atoms with E-state index in [0.717, 1.165) is 29.7 Å². The van der Waals surface area contributed by atoms with Crippen molar-refractivity contribution >= 4 is 11.6 Å². The number of hydrogen-bond acceptors (Lipinski definition) is 6. The highest BCUT2D eigenvalue weighted by atomic mass is 16.3. The van der Waals surface area contributed by atoms with Crippen molar-refractivity contribution in [1.82, 2.24) is 29.4 Å². The summed E-state index contributed by atoms with van der Waals surface area (Å²) in [5.74, 6) is 0.226. The minimum atomic E-state index is -1.09. The predicted octanol–water partition coefficient (Wildman–Crippen LogP) is 2.79. The number of rotatable bonds is 7. The number of benzene rings is 2. The Labute approximate surface area is 233 Å². The fourth-order valence-electron chi connectivity index (χ4n) is 6.13. The van der Waals surface area contributed by atoms with Gasteiger partial charge in [-0.1, -0.05) is 49.4 Å². The molecule has 2 aliphatic rings. The molecule has 2 N–H and O–H groups in total. The second kappa shape index (κ2) is 10.6. The van der Waals surface area contributed by atoms with E-state index >= 15 is 0 Å². The van der Waals surface area contributed by atoms with Crippen molar-refractivity contribution in [3.05, 3.63) is 88.1 Å². The summed E-state index contributed by atoms with van der Waals surface area (Å²) >= 11 is 0. The molecule has 0 spiro atoms. The van der Waals surface area contributed by atoms with E-state index in [9.17, 15) is 14.7 Å². The molecule has 2 aromatic heterocycles. The van der Waals surface area contributed by atoms with Gasteiger partial charge in [-0.2, -0.15) is 5.10 Å². The van der Waals surface area contributed by atoms with Gasteiger partial charge in [0, 0.05) is 31.1 Å². The van der Waals surface area contributed by atoms with Gasteiger partial charge in [0.15, 0.2) is 0 Å². The van der Waals surface area contributed by atoms with Gasteiger partial charge in [0.2, 0.25) is 11.6 Å². The molecule has 2 atom stereocenters. The van der Waals surface area contributed by atoms with Crippen molar-refractivity contribution in [1.29, 1.82) is 0 Å². The quantitative estimate of drug-likeness (QED) is 0.374. The van der Waals surface area contributed by atoms with Crippen LogP contribution in [0.15, 0.2) is 65.8 Å². The third kappa shape index (κ3) is 5.07. The van der Waals surface area contributed by atoms with E-state index in [-0.39, 0.29) is 29.6 Å². The number of aliphatic hydroxyl groups is 1. The first-order valence-electron chi connectivity index (χ1n) is 14.1. The summed E-state index contributed by atoms with van der Waals surface area (Å²) in [5, 5.41) is 19.2.